The quantitative estimate of drug-likeness (QED) is 0.184. The van der Waals surface area contributed by atoms with Crippen LogP contribution in [0.4, 0.5) is 11.4 Å². The van der Waals surface area contributed by atoms with Crippen LogP contribution < -0.4 is 52.9 Å². The van der Waals surface area contributed by atoms with Crippen molar-refractivity contribution in [2.75, 3.05) is 38.0 Å². The second-order valence-corrected chi connectivity index (χ2v) is 9.62. The number of rotatable bonds is 17. The molecule has 0 aromatic carbocycles. The molecule has 0 saturated carbocycles. The molecule has 2 heterocycles. The molecule has 0 unspecified atom stereocenters. The second kappa shape index (κ2) is 20.1. The second-order valence-electron chi connectivity index (χ2n) is 9.62. The highest BCUT2D eigenvalue weighted by atomic mass is 79.9. The molecule has 0 aliphatic carbocycles. The molecule has 0 atom stereocenters. The molecule has 0 amide bonds. The van der Waals surface area contributed by atoms with Crippen LogP contribution in [0.25, 0.3) is 0 Å². The lowest BCUT2D eigenvalue weighted by molar-refractivity contribution is -0.697. The number of anilines is 2. The van der Waals surface area contributed by atoms with Crippen LogP contribution in [0.2, 0.25) is 0 Å². The molecule has 2 rings (SSSR count). The van der Waals surface area contributed by atoms with Gasteiger partial charge in [0.25, 0.3) is 0 Å². The van der Waals surface area contributed by atoms with Crippen molar-refractivity contribution in [3.05, 3.63) is 49.1 Å². The highest BCUT2D eigenvalue weighted by Gasteiger charge is 2.03. The molecule has 4 nitrogen and oxygen atoms in total. The minimum atomic E-state index is 0. The number of hydrogen-bond acceptors (Lipinski definition) is 2. The summed E-state index contributed by atoms with van der Waals surface area (Å²) in [5, 5.41) is 0. The fourth-order valence-corrected chi connectivity index (χ4v) is 4.15. The summed E-state index contributed by atoms with van der Waals surface area (Å²) in [6.07, 6.45) is 25.4. The first-order valence-corrected chi connectivity index (χ1v) is 12.9. The Morgan fingerprint density at radius 1 is 0.441 bits per heavy atom. The van der Waals surface area contributed by atoms with Crippen LogP contribution in [-0.2, 0) is 13.1 Å². The van der Waals surface area contributed by atoms with E-state index < -0.39 is 0 Å². The van der Waals surface area contributed by atoms with Gasteiger partial charge in [-0.15, -0.1) is 0 Å². The van der Waals surface area contributed by atoms with Crippen molar-refractivity contribution in [3.8, 4) is 0 Å². The van der Waals surface area contributed by atoms with Crippen molar-refractivity contribution in [1.82, 2.24) is 0 Å². The first-order valence-electron chi connectivity index (χ1n) is 12.9. The molecular formula is C28H48Br2N4. The van der Waals surface area contributed by atoms with E-state index in [1.165, 1.54) is 88.4 Å². The van der Waals surface area contributed by atoms with Gasteiger partial charge in [-0.1, -0.05) is 51.4 Å². The molecule has 0 saturated heterocycles. The molecule has 0 fully saturated rings. The van der Waals surface area contributed by atoms with E-state index in [9.17, 15) is 0 Å². The summed E-state index contributed by atoms with van der Waals surface area (Å²) in [5.41, 5.74) is 2.54. The Hall–Kier alpha value is -1.14. The lowest BCUT2D eigenvalue weighted by Crippen LogP contribution is -3.00. The highest BCUT2D eigenvalue weighted by Crippen LogP contribution is 2.12. The number of aromatic nitrogens is 2. The summed E-state index contributed by atoms with van der Waals surface area (Å²) >= 11 is 0. The lowest BCUT2D eigenvalue weighted by Gasteiger charge is -2.10. The Balaban J connectivity index is 0.00000544. The van der Waals surface area contributed by atoms with E-state index in [0.717, 1.165) is 13.1 Å². The Kier molecular flexibility index (Phi) is 19.4. The predicted molar refractivity (Wildman–Crippen MR) is 137 cm³/mol. The molecule has 0 radical (unpaired) electrons. The third-order valence-corrected chi connectivity index (χ3v) is 6.36. The third kappa shape index (κ3) is 14.3. The zero-order chi connectivity index (χ0) is 23.0. The Labute approximate surface area is 230 Å². The molecule has 0 bridgehead atoms. The largest absolute Gasteiger partial charge is 1.00 e. The smallest absolute Gasteiger partial charge is 0.170 e. The van der Waals surface area contributed by atoms with Crippen LogP contribution in [-0.4, -0.2) is 28.2 Å². The van der Waals surface area contributed by atoms with Crippen molar-refractivity contribution in [1.29, 1.82) is 0 Å². The van der Waals surface area contributed by atoms with Crippen molar-refractivity contribution in [2.24, 2.45) is 0 Å². The summed E-state index contributed by atoms with van der Waals surface area (Å²) in [5.74, 6) is 0. The van der Waals surface area contributed by atoms with E-state index in [1.807, 2.05) is 0 Å². The van der Waals surface area contributed by atoms with E-state index in [0.29, 0.717) is 0 Å². The normalized spacial score (nSPS) is 10.4. The number of pyridine rings is 2. The topological polar surface area (TPSA) is 14.2 Å². The number of halogens is 2. The molecule has 6 heteroatoms. The van der Waals surface area contributed by atoms with Gasteiger partial charge in [-0.05, 0) is 12.8 Å². The number of aryl methyl sites for hydroxylation is 2. The number of unbranched alkanes of at least 4 members (excludes halogenated alkanes) is 11. The average Bonchev–Trinajstić information content (AvgIpc) is 2.80. The number of hydrogen-bond donors (Lipinski definition) is 0. The first-order chi connectivity index (χ1) is 15.6. The maximum atomic E-state index is 2.31. The van der Waals surface area contributed by atoms with E-state index in [-0.39, 0.29) is 34.0 Å². The monoisotopic (exact) mass is 598 g/mol. The molecule has 0 aliphatic rings. The predicted octanol–water partition coefficient (Wildman–Crippen LogP) is -0.217. The molecule has 0 spiro atoms. The van der Waals surface area contributed by atoms with Crippen LogP contribution in [0, 0.1) is 0 Å². The minimum Gasteiger partial charge on any atom is -1.00 e. The van der Waals surface area contributed by atoms with Crippen molar-refractivity contribution in [2.45, 2.75) is 90.1 Å². The average molecular weight is 601 g/mol. The van der Waals surface area contributed by atoms with Gasteiger partial charge in [0.05, 0.1) is 0 Å². The van der Waals surface area contributed by atoms with E-state index in [2.05, 4.69) is 96.2 Å². The Morgan fingerprint density at radius 3 is 0.912 bits per heavy atom. The lowest BCUT2D eigenvalue weighted by atomic mass is 10.1. The zero-order valence-electron chi connectivity index (χ0n) is 22.1. The molecule has 2 aromatic heterocycles. The van der Waals surface area contributed by atoms with Crippen molar-refractivity contribution < 1.29 is 43.1 Å². The molecule has 0 N–H and O–H groups in total. The van der Waals surface area contributed by atoms with Crippen LogP contribution in [0.15, 0.2) is 49.1 Å². The van der Waals surface area contributed by atoms with Crippen LogP contribution in [0.3, 0.4) is 0 Å². The fraction of sp³-hybridized carbons (Fsp3) is 0.643. The highest BCUT2D eigenvalue weighted by molar-refractivity contribution is 5.41. The fourth-order valence-electron chi connectivity index (χ4n) is 4.15. The zero-order valence-corrected chi connectivity index (χ0v) is 25.2. The van der Waals surface area contributed by atoms with Gasteiger partial charge in [0.2, 0.25) is 0 Å². The van der Waals surface area contributed by atoms with Gasteiger partial charge in [0.1, 0.15) is 13.1 Å². The summed E-state index contributed by atoms with van der Waals surface area (Å²) in [6.45, 7) is 2.29. The summed E-state index contributed by atoms with van der Waals surface area (Å²) < 4.78 is 4.62. The molecule has 194 valence electrons. The molecule has 2 aromatic rings. The molecule has 34 heavy (non-hydrogen) atoms. The maximum absolute atomic E-state index is 2.31. The van der Waals surface area contributed by atoms with Gasteiger partial charge in [-0.25, -0.2) is 9.13 Å². The van der Waals surface area contributed by atoms with E-state index >= 15 is 0 Å². The third-order valence-electron chi connectivity index (χ3n) is 6.36. The van der Waals surface area contributed by atoms with Gasteiger partial charge in [0, 0.05) is 76.7 Å². The Morgan fingerprint density at radius 2 is 0.676 bits per heavy atom. The SMILES string of the molecule is CN(C)c1cc[n+](CCCCCCCCCCCCCC[n+]2ccc(N(C)C)cc2)cc1.[Br-].[Br-]. The van der Waals surface area contributed by atoms with Gasteiger partial charge in [0.15, 0.2) is 24.8 Å². The first kappa shape index (κ1) is 32.9. The maximum Gasteiger partial charge on any atom is 0.170 e. The summed E-state index contributed by atoms with van der Waals surface area (Å²) in [6, 6.07) is 8.79. The van der Waals surface area contributed by atoms with Gasteiger partial charge < -0.3 is 43.8 Å². The van der Waals surface area contributed by atoms with Crippen LogP contribution >= 0.6 is 0 Å². The van der Waals surface area contributed by atoms with Gasteiger partial charge >= 0.3 is 0 Å². The molecular weight excluding hydrogens is 552 g/mol. The summed E-state index contributed by atoms with van der Waals surface area (Å²) in [4.78, 5) is 4.30. The Bertz CT molecular complexity index is 655. The van der Waals surface area contributed by atoms with E-state index in [4.69, 9.17) is 0 Å². The van der Waals surface area contributed by atoms with Crippen molar-refractivity contribution in [3.63, 3.8) is 0 Å². The summed E-state index contributed by atoms with van der Waals surface area (Å²) in [7, 11) is 8.36. The van der Waals surface area contributed by atoms with Crippen molar-refractivity contribution >= 4 is 11.4 Å². The van der Waals surface area contributed by atoms with Crippen LogP contribution in [0.5, 0.6) is 0 Å². The van der Waals surface area contributed by atoms with E-state index in [1.54, 1.807) is 0 Å². The standard InChI is InChI=1S/C28H48N4.2BrH/c1-29(2)27-17-23-31(24-18-27)21-15-13-11-9-7-5-6-8-10-12-14-16-22-32-25-19-28(20-26-32)30(3)4;;/h17-20,23-26H,5-16,21-22H2,1-4H3;2*1H/q+2;;/p-2. The van der Waals surface area contributed by atoms with Gasteiger partial charge in [-0.3, -0.25) is 0 Å². The minimum absolute atomic E-state index is 0. The van der Waals surface area contributed by atoms with Gasteiger partial charge in [-0.2, -0.15) is 0 Å². The van der Waals surface area contributed by atoms with Crippen LogP contribution in [0.1, 0.15) is 77.0 Å². The molecule has 0 aliphatic heterocycles. The number of nitrogens with zero attached hydrogens (tertiary/aromatic N) is 4.